The van der Waals surface area contributed by atoms with Crippen LogP contribution in [0.3, 0.4) is 0 Å². The molecule has 0 spiro atoms. The molecule has 4 rings (SSSR count). The van der Waals surface area contributed by atoms with Crippen molar-refractivity contribution in [3.63, 3.8) is 0 Å². The summed E-state index contributed by atoms with van der Waals surface area (Å²) in [5.41, 5.74) is 3.30. The van der Waals surface area contributed by atoms with Crippen LogP contribution >= 0.6 is 0 Å². The predicted octanol–water partition coefficient (Wildman–Crippen LogP) is 4.59. The van der Waals surface area contributed by atoms with Crippen molar-refractivity contribution in [2.24, 2.45) is 5.92 Å². The lowest BCUT2D eigenvalue weighted by Gasteiger charge is -2.29. The second-order valence-electron chi connectivity index (χ2n) is 9.22. The Labute approximate surface area is 191 Å². The molecule has 2 heterocycles. The molecule has 0 radical (unpaired) electrons. The summed E-state index contributed by atoms with van der Waals surface area (Å²) >= 11 is 0. The topological polar surface area (TPSA) is 66.0 Å². The largest absolute Gasteiger partial charge is 0.362 e. The highest BCUT2D eigenvalue weighted by molar-refractivity contribution is 5.90. The van der Waals surface area contributed by atoms with E-state index in [1.165, 1.54) is 31.4 Å². The van der Waals surface area contributed by atoms with Crippen molar-refractivity contribution in [2.75, 3.05) is 37.4 Å². The fraction of sp³-hybridized carbons (Fsp3) is 0.500. The highest BCUT2D eigenvalue weighted by Crippen LogP contribution is 2.28. The standard InChI is InChI=1S/C26H36N6/c1-19-8-6-9-21(28-19)10-7-17-27-18-20-13-15-22(16-14-20)29-26-30-24-12-5-4-11-23(24)25(31-26)32(2)3/h4-6,8-9,11-12,20,22,27H,7,10,13-18H2,1-3H3,(H,29,30,31)/t20-,22+. The first-order valence-electron chi connectivity index (χ1n) is 11.9. The van der Waals surface area contributed by atoms with Gasteiger partial charge in [0.1, 0.15) is 5.82 Å². The molecule has 0 atom stereocenters. The minimum absolute atomic E-state index is 0.454. The molecule has 2 aromatic heterocycles. The lowest BCUT2D eigenvalue weighted by Crippen LogP contribution is -2.32. The van der Waals surface area contributed by atoms with E-state index in [9.17, 15) is 0 Å². The molecule has 1 fully saturated rings. The number of aryl methyl sites for hydroxylation is 2. The van der Waals surface area contributed by atoms with Gasteiger partial charge >= 0.3 is 0 Å². The molecule has 0 amide bonds. The first-order chi connectivity index (χ1) is 15.6. The molecule has 0 unspecified atom stereocenters. The second-order valence-corrected chi connectivity index (χ2v) is 9.22. The number of benzene rings is 1. The number of rotatable bonds is 9. The minimum atomic E-state index is 0.454. The van der Waals surface area contributed by atoms with Gasteiger partial charge in [0.05, 0.1) is 5.52 Å². The maximum Gasteiger partial charge on any atom is 0.225 e. The Hall–Kier alpha value is -2.73. The first kappa shape index (κ1) is 22.5. The maximum absolute atomic E-state index is 4.80. The Kier molecular flexibility index (Phi) is 7.53. The summed E-state index contributed by atoms with van der Waals surface area (Å²) in [6.07, 6.45) is 7.03. The van der Waals surface area contributed by atoms with Crippen molar-refractivity contribution < 1.29 is 0 Å². The Morgan fingerprint density at radius 2 is 1.75 bits per heavy atom. The molecule has 3 aromatic rings. The van der Waals surface area contributed by atoms with Gasteiger partial charge in [-0.2, -0.15) is 4.98 Å². The van der Waals surface area contributed by atoms with Gasteiger partial charge in [0.2, 0.25) is 5.95 Å². The summed E-state index contributed by atoms with van der Waals surface area (Å²) in [6.45, 7) is 4.23. The number of fused-ring (bicyclic) bond motifs is 1. The van der Waals surface area contributed by atoms with Crippen LogP contribution in [0.5, 0.6) is 0 Å². The van der Waals surface area contributed by atoms with Crippen molar-refractivity contribution in [3.05, 3.63) is 53.9 Å². The van der Waals surface area contributed by atoms with E-state index in [4.69, 9.17) is 9.97 Å². The molecule has 1 aliphatic rings. The molecule has 6 heteroatoms. The van der Waals surface area contributed by atoms with E-state index in [0.29, 0.717) is 6.04 Å². The minimum Gasteiger partial charge on any atom is -0.362 e. The van der Waals surface area contributed by atoms with Crippen LogP contribution in [0, 0.1) is 12.8 Å². The summed E-state index contributed by atoms with van der Waals surface area (Å²) < 4.78 is 0. The molecule has 0 aliphatic heterocycles. The monoisotopic (exact) mass is 432 g/mol. The zero-order valence-corrected chi connectivity index (χ0v) is 19.6. The summed E-state index contributed by atoms with van der Waals surface area (Å²) in [7, 11) is 4.07. The van der Waals surface area contributed by atoms with Gasteiger partial charge in [-0.25, -0.2) is 4.98 Å². The summed E-state index contributed by atoms with van der Waals surface area (Å²) in [4.78, 5) is 16.2. The average molecular weight is 433 g/mol. The quantitative estimate of drug-likeness (QED) is 0.482. The fourth-order valence-electron chi connectivity index (χ4n) is 4.60. The van der Waals surface area contributed by atoms with Gasteiger partial charge in [-0.3, -0.25) is 4.98 Å². The third kappa shape index (κ3) is 5.94. The maximum atomic E-state index is 4.80. The van der Waals surface area contributed by atoms with E-state index < -0.39 is 0 Å². The van der Waals surface area contributed by atoms with Crippen LogP contribution in [0.1, 0.15) is 43.5 Å². The average Bonchev–Trinajstić information content (AvgIpc) is 2.79. The lowest BCUT2D eigenvalue weighted by atomic mass is 9.86. The van der Waals surface area contributed by atoms with E-state index in [0.717, 1.165) is 60.2 Å². The van der Waals surface area contributed by atoms with Crippen molar-refractivity contribution in [3.8, 4) is 0 Å². The molecule has 2 N–H and O–H groups in total. The smallest absolute Gasteiger partial charge is 0.225 e. The van der Waals surface area contributed by atoms with Gasteiger partial charge < -0.3 is 15.5 Å². The van der Waals surface area contributed by atoms with Crippen molar-refractivity contribution in [2.45, 2.75) is 51.5 Å². The fourth-order valence-corrected chi connectivity index (χ4v) is 4.60. The zero-order valence-electron chi connectivity index (χ0n) is 19.6. The molecular weight excluding hydrogens is 396 g/mol. The first-order valence-corrected chi connectivity index (χ1v) is 11.9. The molecular formula is C26H36N6. The molecule has 32 heavy (non-hydrogen) atoms. The SMILES string of the molecule is Cc1cccc(CCCNC[C@H]2CC[C@@H](Nc3nc(N(C)C)c4ccccc4n3)CC2)n1. The lowest BCUT2D eigenvalue weighted by molar-refractivity contribution is 0.324. The Morgan fingerprint density at radius 1 is 0.938 bits per heavy atom. The number of pyridine rings is 1. The summed E-state index contributed by atoms with van der Waals surface area (Å²) in [5.74, 6) is 2.48. The molecule has 1 aromatic carbocycles. The normalized spacial score (nSPS) is 18.6. The van der Waals surface area contributed by atoms with E-state index in [2.05, 4.69) is 57.8 Å². The van der Waals surface area contributed by atoms with Crippen molar-refractivity contribution in [1.82, 2.24) is 20.3 Å². The molecule has 1 aliphatic carbocycles. The van der Waals surface area contributed by atoms with Gasteiger partial charge in [-0.15, -0.1) is 0 Å². The van der Waals surface area contributed by atoms with E-state index >= 15 is 0 Å². The summed E-state index contributed by atoms with van der Waals surface area (Å²) in [5, 5.41) is 8.37. The number of nitrogens with zero attached hydrogens (tertiary/aromatic N) is 4. The highest BCUT2D eigenvalue weighted by Gasteiger charge is 2.22. The molecule has 170 valence electrons. The Morgan fingerprint density at radius 3 is 2.53 bits per heavy atom. The van der Waals surface area contributed by atoms with E-state index in [1.54, 1.807) is 0 Å². The molecule has 6 nitrogen and oxygen atoms in total. The van der Waals surface area contributed by atoms with Crippen LogP contribution in [0.2, 0.25) is 0 Å². The van der Waals surface area contributed by atoms with Crippen LogP contribution in [0.4, 0.5) is 11.8 Å². The third-order valence-corrected chi connectivity index (χ3v) is 6.35. The zero-order chi connectivity index (χ0) is 22.3. The number of nitrogens with one attached hydrogen (secondary N) is 2. The van der Waals surface area contributed by atoms with Crippen LogP contribution < -0.4 is 15.5 Å². The predicted molar refractivity (Wildman–Crippen MR) is 133 cm³/mol. The van der Waals surface area contributed by atoms with E-state index in [1.807, 2.05) is 26.2 Å². The Bertz CT molecular complexity index is 1010. The van der Waals surface area contributed by atoms with Gasteiger partial charge in [0.25, 0.3) is 0 Å². The van der Waals surface area contributed by atoms with E-state index in [-0.39, 0.29) is 0 Å². The van der Waals surface area contributed by atoms with Gasteiger partial charge in [-0.1, -0.05) is 18.2 Å². The van der Waals surface area contributed by atoms with Crippen LogP contribution in [0.15, 0.2) is 42.5 Å². The second kappa shape index (κ2) is 10.7. The number of hydrogen-bond acceptors (Lipinski definition) is 6. The van der Waals surface area contributed by atoms with Crippen LogP contribution in [-0.4, -0.2) is 48.2 Å². The van der Waals surface area contributed by atoms with Gasteiger partial charge in [-0.05, 0) is 88.7 Å². The van der Waals surface area contributed by atoms with Gasteiger partial charge in [0.15, 0.2) is 0 Å². The summed E-state index contributed by atoms with van der Waals surface area (Å²) in [6, 6.07) is 15.0. The number of hydrogen-bond donors (Lipinski definition) is 2. The van der Waals surface area contributed by atoms with Crippen LogP contribution in [-0.2, 0) is 6.42 Å². The Balaban J connectivity index is 1.20. The molecule has 0 saturated heterocycles. The van der Waals surface area contributed by atoms with Gasteiger partial charge in [0, 0.05) is 36.9 Å². The molecule has 1 saturated carbocycles. The molecule has 0 bridgehead atoms. The number of aromatic nitrogens is 3. The highest BCUT2D eigenvalue weighted by atomic mass is 15.2. The van der Waals surface area contributed by atoms with Crippen LogP contribution in [0.25, 0.3) is 10.9 Å². The third-order valence-electron chi connectivity index (χ3n) is 6.35. The number of anilines is 2. The van der Waals surface area contributed by atoms with Crippen molar-refractivity contribution in [1.29, 1.82) is 0 Å². The van der Waals surface area contributed by atoms with Crippen molar-refractivity contribution >= 4 is 22.7 Å². The number of para-hydroxylation sites is 1.